The molecule has 4 nitrogen and oxygen atoms in total. The van der Waals surface area contributed by atoms with Crippen molar-refractivity contribution in [1.29, 1.82) is 0 Å². The predicted octanol–water partition coefficient (Wildman–Crippen LogP) is 1.61. The van der Waals surface area contributed by atoms with E-state index in [0.29, 0.717) is 6.54 Å². The molecule has 0 radical (unpaired) electrons. The summed E-state index contributed by atoms with van der Waals surface area (Å²) in [6.45, 7) is 6.57. The Bertz CT molecular complexity index is 374. The Kier molecular flexibility index (Phi) is 5.82. The molecule has 0 aromatic carbocycles. The number of hydrogen-bond donors (Lipinski definition) is 2. The van der Waals surface area contributed by atoms with Crippen molar-refractivity contribution >= 4 is 17.2 Å². The molecule has 1 atom stereocenters. The second-order valence-electron chi connectivity index (χ2n) is 4.95. The van der Waals surface area contributed by atoms with Gasteiger partial charge < -0.3 is 10.6 Å². The number of carbonyl (C=O) groups is 1. The van der Waals surface area contributed by atoms with E-state index in [-0.39, 0.29) is 11.9 Å². The van der Waals surface area contributed by atoms with Crippen LogP contribution in [0, 0.1) is 0 Å². The van der Waals surface area contributed by atoms with Gasteiger partial charge in [0.1, 0.15) is 0 Å². The van der Waals surface area contributed by atoms with Crippen molar-refractivity contribution in [2.24, 2.45) is 0 Å². The van der Waals surface area contributed by atoms with Crippen molar-refractivity contribution in [3.63, 3.8) is 0 Å². The molecule has 0 saturated carbocycles. The first kappa shape index (κ1) is 14.5. The summed E-state index contributed by atoms with van der Waals surface area (Å²) in [6.07, 6.45) is 2.09. The topological polar surface area (TPSA) is 44.4 Å². The van der Waals surface area contributed by atoms with E-state index in [2.05, 4.69) is 33.9 Å². The average molecular weight is 281 g/mol. The lowest BCUT2D eigenvalue weighted by Crippen LogP contribution is -2.47. The fraction of sp³-hybridized carbons (Fsp3) is 0.643. The molecule has 1 aromatic rings. The predicted molar refractivity (Wildman–Crippen MR) is 79.4 cm³/mol. The van der Waals surface area contributed by atoms with Crippen LogP contribution in [0.1, 0.15) is 30.7 Å². The summed E-state index contributed by atoms with van der Waals surface area (Å²) < 4.78 is 0. The smallest absolute Gasteiger partial charge is 0.234 e. The summed E-state index contributed by atoms with van der Waals surface area (Å²) >= 11 is 1.72. The van der Waals surface area contributed by atoms with Gasteiger partial charge in [-0.3, -0.25) is 9.69 Å². The van der Waals surface area contributed by atoms with Crippen LogP contribution in [0.15, 0.2) is 17.5 Å². The number of nitrogens with one attached hydrogen (secondary N) is 2. The van der Waals surface area contributed by atoms with Crippen LogP contribution in [0.3, 0.4) is 0 Å². The highest BCUT2D eigenvalue weighted by atomic mass is 32.1. The lowest BCUT2D eigenvalue weighted by molar-refractivity contribution is -0.123. The highest BCUT2D eigenvalue weighted by Gasteiger charge is 2.18. The third-order valence-electron chi connectivity index (χ3n) is 3.38. The summed E-state index contributed by atoms with van der Waals surface area (Å²) in [5, 5.41) is 8.55. The lowest BCUT2D eigenvalue weighted by atomic mass is 10.1. The highest BCUT2D eigenvalue weighted by Crippen LogP contribution is 2.23. The van der Waals surface area contributed by atoms with Crippen LogP contribution in [-0.2, 0) is 4.79 Å². The monoisotopic (exact) mass is 281 g/mol. The molecular weight excluding hydrogens is 258 g/mol. The van der Waals surface area contributed by atoms with Crippen molar-refractivity contribution in [3.8, 4) is 0 Å². The normalized spacial score (nSPS) is 18.2. The van der Waals surface area contributed by atoms with Gasteiger partial charge in [-0.05, 0) is 17.9 Å². The third kappa shape index (κ3) is 4.60. The standard InChI is InChI=1S/C14H23N3OS/c1-2-4-12(13-5-3-10-19-13)16-14(18)11-17-8-6-15-7-9-17/h3,5,10,12,15H,2,4,6-9,11H2,1H3,(H,16,18). The molecule has 2 rings (SSSR count). The number of carbonyl (C=O) groups excluding carboxylic acids is 1. The number of amides is 1. The minimum atomic E-state index is 0.147. The first-order valence-electron chi connectivity index (χ1n) is 7.05. The maximum atomic E-state index is 12.1. The molecule has 0 spiro atoms. The Labute approximate surface area is 119 Å². The molecule has 2 N–H and O–H groups in total. The van der Waals surface area contributed by atoms with Crippen LogP contribution in [0.2, 0.25) is 0 Å². The Morgan fingerprint density at radius 1 is 1.53 bits per heavy atom. The molecule has 1 amide bonds. The van der Waals surface area contributed by atoms with E-state index in [4.69, 9.17) is 0 Å². The minimum Gasteiger partial charge on any atom is -0.347 e. The number of rotatable bonds is 6. The quantitative estimate of drug-likeness (QED) is 0.832. The van der Waals surface area contributed by atoms with Crippen LogP contribution in [0.5, 0.6) is 0 Å². The summed E-state index contributed by atoms with van der Waals surface area (Å²) in [5.41, 5.74) is 0. The van der Waals surface area contributed by atoms with Crippen molar-refractivity contribution in [3.05, 3.63) is 22.4 Å². The van der Waals surface area contributed by atoms with Crippen molar-refractivity contribution in [2.75, 3.05) is 32.7 Å². The highest BCUT2D eigenvalue weighted by molar-refractivity contribution is 7.10. The Morgan fingerprint density at radius 3 is 2.95 bits per heavy atom. The zero-order chi connectivity index (χ0) is 13.5. The molecule has 19 heavy (non-hydrogen) atoms. The van der Waals surface area contributed by atoms with Crippen molar-refractivity contribution < 1.29 is 4.79 Å². The molecular formula is C14H23N3OS. The van der Waals surface area contributed by atoms with E-state index < -0.39 is 0 Å². The number of nitrogens with zero attached hydrogens (tertiary/aromatic N) is 1. The summed E-state index contributed by atoms with van der Waals surface area (Å²) in [6, 6.07) is 4.33. The van der Waals surface area contributed by atoms with E-state index in [9.17, 15) is 4.79 Å². The van der Waals surface area contributed by atoms with Gasteiger partial charge in [0.25, 0.3) is 0 Å². The Balaban J connectivity index is 1.84. The second kappa shape index (κ2) is 7.62. The van der Waals surface area contributed by atoms with Crippen molar-refractivity contribution in [1.82, 2.24) is 15.5 Å². The van der Waals surface area contributed by atoms with Gasteiger partial charge in [-0.2, -0.15) is 0 Å². The van der Waals surface area contributed by atoms with Gasteiger partial charge in [0.2, 0.25) is 5.91 Å². The molecule has 1 unspecified atom stereocenters. The Hall–Kier alpha value is -0.910. The number of piperazine rings is 1. The van der Waals surface area contributed by atoms with Crippen LogP contribution in [0.4, 0.5) is 0 Å². The first-order chi connectivity index (χ1) is 9.29. The maximum absolute atomic E-state index is 12.1. The van der Waals surface area contributed by atoms with Gasteiger partial charge >= 0.3 is 0 Å². The largest absolute Gasteiger partial charge is 0.347 e. The molecule has 0 aliphatic carbocycles. The minimum absolute atomic E-state index is 0.147. The van der Waals surface area contributed by atoms with Crippen molar-refractivity contribution in [2.45, 2.75) is 25.8 Å². The van der Waals surface area contributed by atoms with Gasteiger partial charge in [-0.1, -0.05) is 19.4 Å². The van der Waals surface area contributed by atoms with E-state index in [1.807, 2.05) is 6.07 Å². The van der Waals surface area contributed by atoms with Gasteiger partial charge in [-0.15, -0.1) is 11.3 Å². The molecule has 1 fully saturated rings. The third-order valence-corrected chi connectivity index (χ3v) is 4.36. The first-order valence-corrected chi connectivity index (χ1v) is 7.93. The molecule has 5 heteroatoms. The van der Waals surface area contributed by atoms with Gasteiger partial charge in [0, 0.05) is 31.1 Å². The fourth-order valence-corrected chi connectivity index (χ4v) is 3.19. The summed E-state index contributed by atoms with van der Waals surface area (Å²) in [5.74, 6) is 0.147. The SMILES string of the molecule is CCCC(NC(=O)CN1CCNCC1)c1cccs1. The zero-order valence-corrected chi connectivity index (χ0v) is 12.3. The molecule has 106 valence electrons. The van der Waals surface area contributed by atoms with Crippen LogP contribution in [0.25, 0.3) is 0 Å². The van der Waals surface area contributed by atoms with E-state index in [1.165, 1.54) is 4.88 Å². The molecule has 2 heterocycles. The molecule has 1 aliphatic heterocycles. The molecule has 1 saturated heterocycles. The molecule has 1 aliphatic rings. The fourth-order valence-electron chi connectivity index (χ4n) is 2.38. The maximum Gasteiger partial charge on any atom is 0.234 e. The van der Waals surface area contributed by atoms with E-state index >= 15 is 0 Å². The molecule has 1 aromatic heterocycles. The molecule has 0 bridgehead atoms. The van der Waals surface area contributed by atoms with Crippen LogP contribution in [-0.4, -0.2) is 43.5 Å². The summed E-state index contributed by atoms with van der Waals surface area (Å²) in [4.78, 5) is 15.6. The van der Waals surface area contributed by atoms with Crippen LogP contribution < -0.4 is 10.6 Å². The van der Waals surface area contributed by atoms with Gasteiger partial charge in [-0.25, -0.2) is 0 Å². The van der Waals surface area contributed by atoms with E-state index in [1.54, 1.807) is 11.3 Å². The number of thiophene rings is 1. The summed E-state index contributed by atoms with van der Waals surface area (Å²) in [7, 11) is 0. The number of hydrogen-bond acceptors (Lipinski definition) is 4. The lowest BCUT2D eigenvalue weighted by Gasteiger charge is -2.27. The van der Waals surface area contributed by atoms with Gasteiger partial charge in [0.15, 0.2) is 0 Å². The van der Waals surface area contributed by atoms with Crippen LogP contribution >= 0.6 is 11.3 Å². The zero-order valence-electron chi connectivity index (χ0n) is 11.5. The van der Waals surface area contributed by atoms with E-state index in [0.717, 1.165) is 39.0 Å². The second-order valence-corrected chi connectivity index (χ2v) is 5.93. The Morgan fingerprint density at radius 2 is 2.32 bits per heavy atom. The average Bonchev–Trinajstić information content (AvgIpc) is 2.93. The van der Waals surface area contributed by atoms with Gasteiger partial charge in [0.05, 0.1) is 12.6 Å².